The van der Waals surface area contributed by atoms with Crippen LogP contribution in [0.4, 0.5) is 0 Å². The maximum Gasteiger partial charge on any atom is 0.221 e. The molecule has 2 unspecified atom stereocenters. The van der Waals surface area contributed by atoms with E-state index >= 15 is 0 Å². The molecule has 1 aliphatic rings. The second-order valence-electron chi connectivity index (χ2n) is 3.99. The Kier molecular flexibility index (Phi) is 2.73. The molecule has 1 amide bonds. The number of rotatable bonds is 3. The van der Waals surface area contributed by atoms with Gasteiger partial charge in [-0.05, 0) is 19.8 Å². The minimum absolute atomic E-state index is 0.0431. The molecule has 0 bridgehead atoms. The van der Waals surface area contributed by atoms with Crippen molar-refractivity contribution in [1.82, 2.24) is 5.32 Å². The van der Waals surface area contributed by atoms with Crippen LogP contribution in [0, 0.1) is 5.92 Å². The lowest BCUT2D eigenvalue weighted by Crippen LogP contribution is -2.35. The lowest BCUT2D eigenvalue weighted by Gasteiger charge is -2.23. The normalized spacial score (nSPS) is 35.3. The average Bonchev–Trinajstić information content (AvgIpc) is 2.33. The van der Waals surface area contributed by atoms with Crippen LogP contribution in [0.15, 0.2) is 0 Å². The zero-order valence-electron chi connectivity index (χ0n) is 7.89. The predicted octanol–water partition coefficient (Wildman–Crippen LogP) is 0.640. The first kappa shape index (κ1) is 9.52. The van der Waals surface area contributed by atoms with E-state index in [4.69, 9.17) is 5.73 Å². The van der Waals surface area contributed by atoms with Crippen LogP contribution in [0.25, 0.3) is 0 Å². The van der Waals surface area contributed by atoms with Gasteiger partial charge >= 0.3 is 0 Å². The standard InChI is InChI=1S/C9H18N2O/c1-3-4-9(2)5-7(6-11-9)8(10)12/h7,11H,3-6H2,1-2H3,(H2,10,12). The van der Waals surface area contributed by atoms with Crippen molar-refractivity contribution < 1.29 is 4.79 Å². The number of amides is 1. The molecule has 0 aliphatic carbocycles. The van der Waals surface area contributed by atoms with Crippen molar-refractivity contribution in [3.05, 3.63) is 0 Å². The summed E-state index contributed by atoms with van der Waals surface area (Å²) in [5.74, 6) is -0.121. The number of nitrogens with one attached hydrogen (secondary N) is 1. The van der Waals surface area contributed by atoms with Gasteiger partial charge in [0.15, 0.2) is 0 Å². The smallest absolute Gasteiger partial charge is 0.221 e. The number of carbonyl (C=O) groups is 1. The number of hydrogen-bond donors (Lipinski definition) is 2. The SMILES string of the molecule is CCCC1(C)CC(C(N)=O)CN1. The number of nitrogens with two attached hydrogens (primary N) is 1. The maximum atomic E-state index is 10.9. The van der Waals surface area contributed by atoms with E-state index in [1.54, 1.807) is 0 Å². The highest BCUT2D eigenvalue weighted by Gasteiger charge is 2.36. The molecule has 70 valence electrons. The van der Waals surface area contributed by atoms with Crippen LogP contribution in [0.5, 0.6) is 0 Å². The fourth-order valence-electron chi connectivity index (χ4n) is 2.00. The maximum absolute atomic E-state index is 10.9. The van der Waals surface area contributed by atoms with E-state index in [1.807, 2.05) is 0 Å². The Labute approximate surface area is 73.7 Å². The highest BCUT2D eigenvalue weighted by molar-refractivity contribution is 5.77. The molecule has 1 fully saturated rings. The van der Waals surface area contributed by atoms with E-state index in [0.717, 1.165) is 25.8 Å². The summed E-state index contributed by atoms with van der Waals surface area (Å²) >= 11 is 0. The summed E-state index contributed by atoms with van der Waals surface area (Å²) in [5, 5.41) is 3.36. The summed E-state index contributed by atoms with van der Waals surface area (Å²) in [6, 6.07) is 0. The summed E-state index contributed by atoms with van der Waals surface area (Å²) in [7, 11) is 0. The Morgan fingerprint density at radius 3 is 2.83 bits per heavy atom. The topological polar surface area (TPSA) is 55.1 Å². The van der Waals surface area contributed by atoms with Crippen molar-refractivity contribution in [2.75, 3.05) is 6.54 Å². The molecule has 2 atom stereocenters. The Bertz CT molecular complexity index is 181. The Morgan fingerprint density at radius 2 is 2.42 bits per heavy atom. The summed E-state index contributed by atoms with van der Waals surface area (Å²) in [6.45, 7) is 5.08. The number of hydrogen-bond acceptors (Lipinski definition) is 2. The summed E-state index contributed by atoms with van der Waals surface area (Å²) in [6.07, 6.45) is 3.17. The molecule has 1 aliphatic heterocycles. The third kappa shape index (κ3) is 1.97. The Morgan fingerprint density at radius 1 is 1.75 bits per heavy atom. The highest BCUT2D eigenvalue weighted by Crippen LogP contribution is 2.27. The van der Waals surface area contributed by atoms with Crippen LogP contribution in [-0.2, 0) is 4.79 Å². The molecule has 0 radical (unpaired) electrons. The molecule has 3 N–H and O–H groups in total. The molecule has 0 aromatic heterocycles. The van der Waals surface area contributed by atoms with E-state index in [9.17, 15) is 4.79 Å². The first-order chi connectivity index (χ1) is 5.57. The number of primary amides is 1. The summed E-state index contributed by atoms with van der Waals surface area (Å²) in [4.78, 5) is 10.9. The van der Waals surface area contributed by atoms with Gasteiger partial charge in [-0.25, -0.2) is 0 Å². The summed E-state index contributed by atoms with van der Waals surface area (Å²) in [5.41, 5.74) is 5.38. The van der Waals surface area contributed by atoms with Gasteiger partial charge in [-0.15, -0.1) is 0 Å². The molecule has 1 heterocycles. The minimum atomic E-state index is -0.165. The third-order valence-corrected chi connectivity index (χ3v) is 2.68. The van der Waals surface area contributed by atoms with E-state index in [2.05, 4.69) is 19.2 Å². The molecule has 3 nitrogen and oxygen atoms in total. The van der Waals surface area contributed by atoms with Gasteiger partial charge < -0.3 is 11.1 Å². The zero-order valence-corrected chi connectivity index (χ0v) is 7.89. The fourth-order valence-corrected chi connectivity index (χ4v) is 2.00. The lowest BCUT2D eigenvalue weighted by atomic mass is 9.90. The second kappa shape index (κ2) is 3.44. The molecule has 0 aromatic rings. The Hall–Kier alpha value is -0.570. The van der Waals surface area contributed by atoms with Crippen molar-refractivity contribution in [1.29, 1.82) is 0 Å². The van der Waals surface area contributed by atoms with E-state index in [0.29, 0.717) is 0 Å². The van der Waals surface area contributed by atoms with Gasteiger partial charge in [-0.1, -0.05) is 13.3 Å². The van der Waals surface area contributed by atoms with Crippen molar-refractivity contribution >= 4 is 5.91 Å². The van der Waals surface area contributed by atoms with Crippen molar-refractivity contribution in [3.8, 4) is 0 Å². The minimum Gasteiger partial charge on any atom is -0.369 e. The highest BCUT2D eigenvalue weighted by atomic mass is 16.1. The largest absolute Gasteiger partial charge is 0.369 e. The van der Waals surface area contributed by atoms with Crippen molar-refractivity contribution in [2.45, 2.75) is 38.6 Å². The summed E-state index contributed by atoms with van der Waals surface area (Å²) < 4.78 is 0. The van der Waals surface area contributed by atoms with Crippen LogP contribution in [0.2, 0.25) is 0 Å². The van der Waals surface area contributed by atoms with Crippen LogP contribution in [0.1, 0.15) is 33.1 Å². The van der Waals surface area contributed by atoms with Crippen LogP contribution < -0.4 is 11.1 Å². The average molecular weight is 170 g/mol. The van der Waals surface area contributed by atoms with Gasteiger partial charge in [0.2, 0.25) is 5.91 Å². The molecule has 3 heteroatoms. The van der Waals surface area contributed by atoms with Gasteiger partial charge in [0.1, 0.15) is 0 Å². The molecule has 0 aromatic carbocycles. The van der Waals surface area contributed by atoms with Crippen molar-refractivity contribution in [3.63, 3.8) is 0 Å². The van der Waals surface area contributed by atoms with Crippen molar-refractivity contribution in [2.24, 2.45) is 11.7 Å². The van der Waals surface area contributed by atoms with Crippen LogP contribution in [0.3, 0.4) is 0 Å². The molecule has 0 saturated carbocycles. The quantitative estimate of drug-likeness (QED) is 0.653. The zero-order chi connectivity index (χ0) is 9.19. The fraction of sp³-hybridized carbons (Fsp3) is 0.889. The van der Waals surface area contributed by atoms with Gasteiger partial charge in [-0.2, -0.15) is 0 Å². The predicted molar refractivity (Wildman–Crippen MR) is 48.6 cm³/mol. The van der Waals surface area contributed by atoms with Gasteiger partial charge in [-0.3, -0.25) is 4.79 Å². The molecular weight excluding hydrogens is 152 g/mol. The van der Waals surface area contributed by atoms with Crippen LogP contribution in [-0.4, -0.2) is 18.0 Å². The van der Waals surface area contributed by atoms with Crippen LogP contribution >= 0.6 is 0 Å². The molecule has 1 rings (SSSR count). The molecule has 0 spiro atoms. The molecule has 12 heavy (non-hydrogen) atoms. The van der Waals surface area contributed by atoms with E-state index in [1.165, 1.54) is 0 Å². The lowest BCUT2D eigenvalue weighted by molar-refractivity contribution is -0.121. The monoisotopic (exact) mass is 170 g/mol. The van der Waals surface area contributed by atoms with E-state index < -0.39 is 0 Å². The number of carbonyl (C=O) groups excluding carboxylic acids is 1. The molecular formula is C9H18N2O. The Balaban J connectivity index is 2.48. The first-order valence-corrected chi connectivity index (χ1v) is 4.62. The molecule has 1 saturated heterocycles. The van der Waals surface area contributed by atoms with E-state index in [-0.39, 0.29) is 17.4 Å². The third-order valence-electron chi connectivity index (χ3n) is 2.68. The second-order valence-corrected chi connectivity index (χ2v) is 3.99. The van der Waals surface area contributed by atoms with Gasteiger partial charge in [0.05, 0.1) is 5.92 Å². The first-order valence-electron chi connectivity index (χ1n) is 4.62. The van der Waals surface area contributed by atoms with Gasteiger partial charge in [0.25, 0.3) is 0 Å². The van der Waals surface area contributed by atoms with Gasteiger partial charge in [0, 0.05) is 12.1 Å².